The molecule has 0 aliphatic heterocycles. The Kier molecular flexibility index (Phi) is 10.1. The highest BCUT2D eigenvalue weighted by molar-refractivity contribution is 6.36. The summed E-state index contributed by atoms with van der Waals surface area (Å²) in [6, 6.07) is 19.0. The van der Waals surface area contributed by atoms with Gasteiger partial charge in [0.05, 0.1) is 0 Å². The van der Waals surface area contributed by atoms with Gasteiger partial charge in [0.1, 0.15) is 17.6 Å². The summed E-state index contributed by atoms with van der Waals surface area (Å²) in [6.07, 6.45) is 1.02. The van der Waals surface area contributed by atoms with Gasteiger partial charge in [0.25, 0.3) is 5.91 Å². The Balaban J connectivity index is 1.95. The van der Waals surface area contributed by atoms with Crippen LogP contribution in [0.25, 0.3) is 0 Å². The summed E-state index contributed by atoms with van der Waals surface area (Å²) in [5, 5.41) is 3.78. The largest absolute Gasteiger partial charge is 0.484 e. The van der Waals surface area contributed by atoms with E-state index in [0.29, 0.717) is 21.4 Å². The van der Waals surface area contributed by atoms with Gasteiger partial charge in [-0.25, -0.2) is 4.39 Å². The molecule has 5 nitrogen and oxygen atoms in total. The van der Waals surface area contributed by atoms with Crippen molar-refractivity contribution in [3.05, 3.63) is 99.8 Å². The van der Waals surface area contributed by atoms with Gasteiger partial charge in [0.15, 0.2) is 6.61 Å². The van der Waals surface area contributed by atoms with E-state index in [-0.39, 0.29) is 31.5 Å². The summed E-state index contributed by atoms with van der Waals surface area (Å²) in [4.78, 5) is 28.5. The van der Waals surface area contributed by atoms with Gasteiger partial charge >= 0.3 is 0 Å². The Hall–Kier alpha value is -3.09. The first-order chi connectivity index (χ1) is 17.3. The van der Waals surface area contributed by atoms with Crippen LogP contribution in [-0.2, 0) is 22.6 Å². The van der Waals surface area contributed by atoms with E-state index in [1.54, 1.807) is 18.2 Å². The first kappa shape index (κ1) is 27.5. The van der Waals surface area contributed by atoms with E-state index in [1.807, 2.05) is 44.2 Å². The molecule has 0 aliphatic carbocycles. The monoisotopic (exact) mass is 530 g/mol. The van der Waals surface area contributed by atoms with Crippen molar-refractivity contribution in [2.24, 2.45) is 0 Å². The van der Waals surface area contributed by atoms with Crippen molar-refractivity contribution in [3.63, 3.8) is 0 Å². The van der Waals surface area contributed by atoms with Gasteiger partial charge < -0.3 is 15.0 Å². The molecule has 0 aromatic heterocycles. The zero-order chi connectivity index (χ0) is 26.1. The highest BCUT2D eigenvalue weighted by Crippen LogP contribution is 2.27. The number of carbonyl (C=O) groups is 2. The fraction of sp³-hybridized carbons (Fsp3) is 0.286. The van der Waals surface area contributed by atoms with Crippen LogP contribution in [0.5, 0.6) is 5.75 Å². The van der Waals surface area contributed by atoms with Crippen LogP contribution in [0.4, 0.5) is 4.39 Å². The lowest BCUT2D eigenvalue weighted by Gasteiger charge is -2.32. The average Bonchev–Trinajstić information content (AvgIpc) is 2.87. The zero-order valence-corrected chi connectivity index (χ0v) is 21.7. The summed E-state index contributed by atoms with van der Waals surface area (Å²) in [7, 11) is 0. The molecule has 0 spiro atoms. The van der Waals surface area contributed by atoms with Gasteiger partial charge in [-0.3, -0.25) is 9.59 Å². The Labute approximate surface area is 221 Å². The average molecular weight is 531 g/mol. The molecule has 0 heterocycles. The molecule has 190 valence electrons. The highest BCUT2D eigenvalue weighted by atomic mass is 35.5. The van der Waals surface area contributed by atoms with Crippen molar-refractivity contribution in [1.29, 1.82) is 0 Å². The van der Waals surface area contributed by atoms with E-state index in [2.05, 4.69) is 5.32 Å². The minimum Gasteiger partial charge on any atom is -0.484 e. The molecule has 0 radical (unpaired) electrons. The van der Waals surface area contributed by atoms with Crippen LogP contribution in [0, 0.1) is 5.82 Å². The predicted molar refractivity (Wildman–Crippen MR) is 141 cm³/mol. The zero-order valence-electron chi connectivity index (χ0n) is 20.2. The molecule has 8 heteroatoms. The van der Waals surface area contributed by atoms with E-state index in [9.17, 15) is 14.0 Å². The normalized spacial score (nSPS) is 12.5. The van der Waals surface area contributed by atoms with Gasteiger partial charge in [-0.1, -0.05) is 66.5 Å². The number of benzene rings is 3. The van der Waals surface area contributed by atoms with E-state index >= 15 is 0 Å². The minimum absolute atomic E-state index is 0.00947. The molecular formula is C28H29Cl2FN2O3. The maximum atomic E-state index is 13.6. The highest BCUT2D eigenvalue weighted by Gasteiger charge is 2.32. The lowest BCUT2D eigenvalue weighted by Crippen LogP contribution is -2.53. The summed E-state index contributed by atoms with van der Waals surface area (Å²) < 4.78 is 18.9. The van der Waals surface area contributed by atoms with Crippen molar-refractivity contribution in [2.45, 2.75) is 45.3 Å². The maximum absolute atomic E-state index is 13.6. The van der Waals surface area contributed by atoms with Gasteiger partial charge in [0.2, 0.25) is 5.91 Å². The second kappa shape index (κ2) is 13.3. The third-order valence-electron chi connectivity index (χ3n) is 5.84. The molecular weight excluding hydrogens is 502 g/mol. The standard InChI is InChI=1S/C28H29Cl2FN2O3/c1-3-19(2)32-28(35)26(16-20-8-5-4-6-9-20)33(17-23-24(29)10-7-11-25(23)30)27(34)18-36-22-14-12-21(31)13-15-22/h4-15,19,26H,3,16-18H2,1-2H3,(H,32,35)/t19-,26-/m1/s1. The van der Waals surface area contributed by atoms with Gasteiger partial charge in [-0.05, 0) is 55.3 Å². The number of rotatable bonds is 11. The van der Waals surface area contributed by atoms with Crippen molar-refractivity contribution in [3.8, 4) is 5.75 Å². The van der Waals surface area contributed by atoms with Crippen molar-refractivity contribution < 1.29 is 18.7 Å². The SMILES string of the molecule is CC[C@@H](C)NC(=O)[C@@H](Cc1ccccc1)N(Cc1c(Cl)cccc1Cl)C(=O)COc1ccc(F)cc1. The van der Waals surface area contributed by atoms with E-state index < -0.39 is 17.8 Å². The Bertz CT molecular complexity index is 1140. The number of nitrogens with one attached hydrogen (secondary N) is 1. The second-order valence-electron chi connectivity index (χ2n) is 8.49. The summed E-state index contributed by atoms with van der Waals surface area (Å²) in [6.45, 7) is 3.54. The number of amides is 2. The second-order valence-corrected chi connectivity index (χ2v) is 9.30. The van der Waals surface area contributed by atoms with Crippen LogP contribution in [0.3, 0.4) is 0 Å². The van der Waals surface area contributed by atoms with Crippen LogP contribution >= 0.6 is 23.2 Å². The molecule has 0 bridgehead atoms. The van der Waals surface area contributed by atoms with Gasteiger partial charge in [-0.15, -0.1) is 0 Å². The molecule has 0 saturated heterocycles. The van der Waals surface area contributed by atoms with Crippen molar-refractivity contribution in [1.82, 2.24) is 10.2 Å². The minimum atomic E-state index is -0.849. The third kappa shape index (κ3) is 7.70. The number of hydrogen-bond donors (Lipinski definition) is 1. The lowest BCUT2D eigenvalue weighted by molar-refractivity contribution is -0.143. The molecule has 0 fully saturated rings. The molecule has 3 aromatic rings. The molecule has 0 aliphatic rings. The van der Waals surface area contributed by atoms with Crippen molar-refractivity contribution in [2.75, 3.05) is 6.61 Å². The Morgan fingerprint density at radius 1 is 0.972 bits per heavy atom. The van der Waals surface area contributed by atoms with Gasteiger partial charge in [0, 0.05) is 34.6 Å². The van der Waals surface area contributed by atoms with E-state index in [0.717, 1.165) is 12.0 Å². The molecule has 0 unspecified atom stereocenters. The molecule has 36 heavy (non-hydrogen) atoms. The quantitative estimate of drug-likeness (QED) is 0.327. The van der Waals surface area contributed by atoms with Crippen LogP contribution in [0.2, 0.25) is 10.0 Å². The lowest BCUT2D eigenvalue weighted by atomic mass is 10.0. The van der Waals surface area contributed by atoms with Crippen LogP contribution < -0.4 is 10.1 Å². The van der Waals surface area contributed by atoms with Crippen LogP contribution in [0.15, 0.2) is 72.8 Å². The molecule has 1 N–H and O–H groups in total. The fourth-order valence-electron chi connectivity index (χ4n) is 3.61. The summed E-state index contributed by atoms with van der Waals surface area (Å²) >= 11 is 12.9. The maximum Gasteiger partial charge on any atom is 0.261 e. The Morgan fingerprint density at radius 3 is 2.22 bits per heavy atom. The number of ether oxygens (including phenoxy) is 1. The topological polar surface area (TPSA) is 58.6 Å². The molecule has 0 saturated carbocycles. The van der Waals surface area contributed by atoms with E-state index in [4.69, 9.17) is 27.9 Å². The van der Waals surface area contributed by atoms with E-state index in [1.165, 1.54) is 29.2 Å². The molecule has 3 rings (SSSR count). The molecule has 2 amide bonds. The Morgan fingerprint density at radius 2 is 1.61 bits per heavy atom. The molecule has 2 atom stereocenters. The number of halogens is 3. The van der Waals surface area contributed by atoms with Crippen LogP contribution in [0.1, 0.15) is 31.4 Å². The number of carbonyl (C=O) groups excluding carboxylic acids is 2. The third-order valence-corrected chi connectivity index (χ3v) is 6.55. The van der Waals surface area contributed by atoms with Gasteiger partial charge in [-0.2, -0.15) is 0 Å². The number of hydrogen-bond acceptors (Lipinski definition) is 3. The first-order valence-corrected chi connectivity index (χ1v) is 12.5. The first-order valence-electron chi connectivity index (χ1n) is 11.7. The summed E-state index contributed by atoms with van der Waals surface area (Å²) in [5.74, 6) is -0.792. The number of nitrogens with zero attached hydrogens (tertiary/aromatic N) is 1. The van der Waals surface area contributed by atoms with Crippen LogP contribution in [-0.4, -0.2) is 35.4 Å². The van der Waals surface area contributed by atoms with Crippen molar-refractivity contribution >= 4 is 35.0 Å². The predicted octanol–water partition coefficient (Wildman–Crippen LogP) is 6.07. The molecule has 3 aromatic carbocycles. The fourth-order valence-corrected chi connectivity index (χ4v) is 4.12. The summed E-state index contributed by atoms with van der Waals surface area (Å²) in [5.41, 5.74) is 1.43. The smallest absolute Gasteiger partial charge is 0.261 e.